The van der Waals surface area contributed by atoms with Gasteiger partial charge in [-0.05, 0) is 24.6 Å². The highest BCUT2D eigenvalue weighted by atomic mass is 16.5. The number of rotatable bonds is 6. The summed E-state index contributed by atoms with van der Waals surface area (Å²) in [7, 11) is 0. The lowest BCUT2D eigenvalue weighted by molar-refractivity contribution is 0.0922. The predicted molar refractivity (Wildman–Crippen MR) is 91.1 cm³/mol. The predicted octanol–water partition coefficient (Wildman–Crippen LogP) is 4.47. The molecule has 0 aliphatic heterocycles. The molecule has 0 fully saturated rings. The molecule has 120 valence electrons. The molecular formula is C20H18N2O2. The summed E-state index contributed by atoms with van der Waals surface area (Å²) in [6.45, 7) is 2.31. The number of hydrogen-bond acceptors (Lipinski definition) is 4. The van der Waals surface area contributed by atoms with Gasteiger partial charge in [0.05, 0.1) is 18.4 Å². The highest BCUT2D eigenvalue weighted by Gasteiger charge is 2.14. The van der Waals surface area contributed by atoms with Gasteiger partial charge in [0.25, 0.3) is 0 Å². The molecule has 3 rings (SSSR count). The second-order valence-corrected chi connectivity index (χ2v) is 5.43. The number of aryl methyl sites for hydroxylation is 1. The zero-order valence-corrected chi connectivity index (χ0v) is 13.5. The van der Waals surface area contributed by atoms with Crippen LogP contribution in [0.15, 0.2) is 65.1 Å². The number of nitrogens with zero attached hydrogens (tertiary/aromatic N) is 2. The normalized spacial score (nSPS) is 11.8. The molecule has 24 heavy (non-hydrogen) atoms. The minimum absolute atomic E-state index is 0.411. The fraction of sp³-hybridized carbons (Fsp3) is 0.200. The molecule has 0 N–H and O–H groups in total. The van der Waals surface area contributed by atoms with E-state index in [0.29, 0.717) is 18.9 Å². The van der Waals surface area contributed by atoms with Gasteiger partial charge in [-0.15, -0.1) is 0 Å². The van der Waals surface area contributed by atoms with E-state index in [1.165, 1.54) is 0 Å². The first-order valence-corrected chi connectivity index (χ1v) is 7.86. The summed E-state index contributed by atoms with van der Waals surface area (Å²) >= 11 is 0. The Morgan fingerprint density at radius 2 is 1.75 bits per heavy atom. The summed E-state index contributed by atoms with van der Waals surface area (Å²) in [6, 6.07) is 21.5. The fourth-order valence-corrected chi connectivity index (χ4v) is 2.47. The number of aromatic nitrogens is 1. The highest BCUT2D eigenvalue weighted by Crippen LogP contribution is 2.22. The third-order valence-electron chi connectivity index (χ3n) is 3.76. The lowest BCUT2D eigenvalue weighted by Crippen LogP contribution is -2.06. The number of oxazole rings is 1. The molecule has 0 saturated heterocycles. The molecule has 0 saturated carbocycles. The number of ether oxygens (including phenoxy) is 1. The maximum atomic E-state index is 9.27. The summed E-state index contributed by atoms with van der Waals surface area (Å²) in [4.78, 5) is 4.55. The van der Waals surface area contributed by atoms with Gasteiger partial charge in [-0.2, -0.15) is 5.26 Å². The second-order valence-electron chi connectivity index (χ2n) is 5.43. The SMILES string of the molecule is Cc1oc(-c2ccccc2)nc1CCOC(C#N)c1ccccc1. The lowest BCUT2D eigenvalue weighted by atomic mass is 10.1. The second kappa shape index (κ2) is 7.58. The van der Waals surface area contributed by atoms with Crippen LogP contribution in [0.4, 0.5) is 0 Å². The Morgan fingerprint density at radius 3 is 2.42 bits per heavy atom. The Hall–Kier alpha value is -2.90. The number of nitriles is 1. The Labute approximate surface area is 141 Å². The van der Waals surface area contributed by atoms with Gasteiger partial charge in [0.1, 0.15) is 5.76 Å². The molecular weight excluding hydrogens is 300 g/mol. The molecule has 1 heterocycles. The molecule has 4 heteroatoms. The van der Waals surface area contributed by atoms with Crippen LogP contribution in [0.1, 0.15) is 23.1 Å². The van der Waals surface area contributed by atoms with Crippen molar-refractivity contribution >= 4 is 0 Å². The van der Waals surface area contributed by atoms with E-state index in [2.05, 4.69) is 11.1 Å². The quantitative estimate of drug-likeness (QED) is 0.672. The molecule has 1 unspecified atom stereocenters. The van der Waals surface area contributed by atoms with Crippen molar-refractivity contribution in [3.63, 3.8) is 0 Å². The van der Waals surface area contributed by atoms with Crippen molar-refractivity contribution in [3.8, 4) is 17.5 Å². The lowest BCUT2D eigenvalue weighted by Gasteiger charge is -2.10. The van der Waals surface area contributed by atoms with Gasteiger partial charge in [0.2, 0.25) is 5.89 Å². The molecule has 0 amide bonds. The average Bonchev–Trinajstić information content (AvgIpc) is 3.01. The van der Waals surface area contributed by atoms with E-state index in [9.17, 15) is 5.26 Å². The largest absolute Gasteiger partial charge is 0.441 e. The molecule has 4 nitrogen and oxygen atoms in total. The van der Waals surface area contributed by atoms with Gasteiger partial charge in [-0.3, -0.25) is 0 Å². The van der Waals surface area contributed by atoms with Gasteiger partial charge >= 0.3 is 0 Å². The van der Waals surface area contributed by atoms with Crippen LogP contribution in [-0.2, 0) is 11.2 Å². The fourth-order valence-electron chi connectivity index (χ4n) is 2.47. The number of hydrogen-bond donors (Lipinski definition) is 0. The summed E-state index contributed by atoms with van der Waals surface area (Å²) in [5.74, 6) is 1.40. The zero-order valence-electron chi connectivity index (χ0n) is 13.5. The molecule has 1 atom stereocenters. The van der Waals surface area contributed by atoms with Gasteiger partial charge in [0, 0.05) is 12.0 Å². The van der Waals surface area contributed by atoms with E-state index in [1.807, 2.05) is 67.6 Å². The van der Waals surface area contributed by atoms with Crippen LogP contribution in [-0.4, -0.2) is 11.6 Å². The van der Waals surface area contributed by atoms with Gasteiger partial charge in [0.15, 0.2) is 6.10 Å². The van der Waals surface area contributed by atoms with Gasteiger partial charge in [-0.1, -0.05) is 48.5 Å². The minimum atomic E-state index is -0.563. The number of benzene rings is 2. The molecule has 0 aliphatic rings. The van der Waals surface area contributed by atoms with Crippen molar-refractivity contribution in [2.45, 2.75) is 19.4 Å². The van der Waals surface area contributed by atoms with Gasteiger partial charge < -0.3 is 9.15 Å². The van der Waals surface area contributed by atoms with E-state index in [4.69, 9.17) is 9.15 Å². The standard InChI is InChI=1S/C20H18N2O2/c1-15-18(22-20(24-15)17-10-6-3-7-11-17)12-13-23-19(14-21)16-8-4-2-5-9-16/h2-11,19H,12-13H2,1H3. The summed E-state index contributed by atoms with van der Waals surface area (Å²) in [6.07, 6.45) is 0.0414. The van der Waals surface area contributed by atoms with Crippen LogP contribution in [0.5, 0.6) is 0 Å². The first-order valence-electron chi connectivity index (χ1n) is 7.86. The van der Waals surface area contributed by atoms with Crippen molar-refractivity contribution in [3.05, 3.63) is 77.7 Å². The van der Waals surface area contributed by atoms with E-state index in [0.717, 1.165) is 22.6 Å². The minimum Gasteiger partial charge on any atom is -0.441 e. The smallest absolute Gasteiger partial charge is 0.226 e. The molecule has 1 aromatic heterocycles. The third kappa shape index (κ3) is 3.70. The monoisotopic (exact) mass is 318 g/mol. The van der Waals surface area contributed by atoms with E-state index >= 15 is 0 Å². The van der Waals surface area contributed by atoms with Crippen LogP contribution in [0.3, 0.4) is 0 Å². The summed E-state index contributed by atoms with van der Waals surface area (Å²) in [5, 5.41) is 9.27. The molecule has 0 radical (unpaired) electrons. The summed E-state index contributed by atoms with van der Waals surface area (Å²) < 4.78 is 11.4. The maximum absolute atomic E-state index is 9.27. The molecule has 3 aromatic rings. The molecule has 0 bridgehead atoms. The van der Waals surface area contributed by atoms with Crippen molar-refractivity contribution in [2.24, 2.45) is 0 Å². The van der Waals surface area contributed by atoms with Crippen LogP contribution in [0.2, 0.25) is 0 Å². The van der Waals surface area contributed by atoms with Crippen molar-refractivity contribution < 1.29 is 9.15 Å². The highest BCUT2D eigenvalue weighted by molar-refractivity contribution is 5.53. The van der Waals surface area contributed by atoms with Crippen LogP contribution < -0.4 is 0 Å². The molecule has 0 aliphatic carbocycles. The van der Waals surface area contributed by atoms with Crippen molar-refractivity contribution in [1.29, 1.82) is 5.26 Å². The topological polar surface area (TPSA) is 59.1 Å². The maximum Gasteiger partial charge on any atom is 0.226 e. The Bertz CT molecular complexity index is 820. The zero-order chi connectivity index (χ0) is 16.8. The van der Waals surface area contributed by atoms with Crippen molar-refractivity contribution in [2.75, 3.05) is 6.61 Å². The molecule has 2 aromatic carbocycles. The summed E-state index contributed by atoms with van der Waals surface area (Å²) in [5.41, 5.74) is 2.67. The van der Waals surface area contributed by atoms with Crippen LogP contribution in [0.25, 0.3) is 11.5 Å². The molecule has 0 spiro atoms. The van der Waals surface area contributed by atoms with Crippen molar-refractivity contribution in [1.82, 2.24) is 4.98 Å². The Balaban J connectivity index is 1.63. The Kier molecular flexibility index (Phi) is 5.05. The first-order chi connectivity index (χ1) is 11.8. The van der Waals surface area contributed by atoms with Crippen LogP contribution >= 0.6 is 0 Å². The third-order valence-corrected chi connectivity index (χ3v) is 3.76. The van der Waals surface area contributed by atoms with Crippen LogP contribution in [0, 0.1) is 18.3 Å². The van der Waals surface area contributed by atoms with E-state index in [-0.39, 0.29) is 0 Å². The average molecular weight is 318 g/mol. The van der Waals surface area contributed by atoms with E-state index in [1.54, 1.807) is 0 Å². The Morgan fingerprint density at radius 1 is 1.08 bits per heavy atom. The van der Waals surface area contributed by atoms with E-state index < -0.39 is 6.10 Å². The van der Waals surface area contributed by atoms with Gasteiger partial charge in [-0.25, -0.2) is 4.98 Å². The first kappa shape index (κ1) is 16.0.